The molecule has 0 spiro atoms. The van der Waals surface area contributed by atoms with Gasteiger partial charge in [0, 0.05) is 5.56 Å². The molecule has 0 saturated heterocycles. The largest absolute Gasteiger partial charge is 0.454 e. The van der Waals surface area contributed by atoms with Gasteiger partial charge in [-0.1, -0.05) is 6.92 Å². The fourth-order valence-electron chi connectivity index (χ4n) is 1.36. The van der Waals surface area contributed by atoms with E-state index in [9.17, 15) is 26.4 Å². The summed E-state index contributed by atoms with van der Waals surface area (Å²) >= 11 is 0. The number of halogens is 3. The van der Waals surface area contributed by atoms with Crippen LogP contribution in [0.15, 0.2) is 29.2 Å². The van der Waals surface area contributed by atoms with E-state index >= 15 is 0 Å². The molecule has 0 unspecified atom stereocenters. The van der Waals surface area contributed by atoms with Crippen LogP contribution in [0.25, 0.3) is 0 Å². The third kappa shape index (κ3) is 3.32. The van der Waals surface area contributed by atoms with Gasteiger partial charge in [-0.05, 0) is 30.7 Å². The van der Waals surface area contributed by atoms with Gasteiger partial charge >= 0.3 is 6.18 Å². The van der Waals surface area contributed by atoms with Crippen LogP contribution in [0.1, 0.15) is 23.7 Å². The SMILES string of the molecule is CCCS(=O)(=O)c1ccc(C(=O)C(F)(F)F)cc1. The van der Waals surface area contributed by atoms with Gasteiger partial charge in [-0.25, -0.2) is 8.42 Å². The second-order valence-corrected chi connectivity index (χ2v) is 5.78. The molecule has 0 aromatic heterocycles. The van der Waals surface area contributed by atoms with Gasteiger partial charge in [0.1, 0.15) is 0 Å². The Labute approximate surface area is 103 Å². The van der Waals surface area contributed by atoms with E-state index in [0.717, 1.165) is 24.3 Å². The smallest absolute Gasteiger partial charge is 0.284 e. The van der Waals surface area contributed by atoms with E-state index in [1.807, 2.05) is 0 Å². The summed E-state index contributed by atoms with van der Waals surface area (Å²) in [5.41, 5.74) is -0.571. The Morgan fingerprint density at radius 3 is 2.06 bits per heavy atom. The van der Waals surface area contributed by atoms with Crippen molar-refractivity contribution in [3.63, 3.8) is 0 Å². The standard InChI is InChI=1S/C11H11F3O3S/c1-2-7-18(16,17)9-5-3-8(4-6-9)10(15)11(12,13)14/h3-6H,2,7H2,1H3. The van der Waals surface area contributed by atoms with Crippen molar-refractivity contribution in [3.8, 4) is 0 Å². The predicted molar refractivity (Wildman–Crippen MR) is 59.2 cm³/mol. The van der Waals surface area contributed by atoms with Gasteiger partial charge in [-0.15, -0.1) is 0 Å². The molecule has 1 aromatic rings. The summed E-state index contributed by atoms with van der Waals surface area (Å²) in [5, 5.41) is 0. The van der Waals surface area contributed by atoms with E-state index in [1.54, 1.807) is 6.92 Å². The van der Waals surface area contributed by atoms with Crippen LogP contribution in [0.5, 0.6) is 0 Å². The summed E-state index contributed by atoms with van der Waals surface area (Å²) in [7, 11) is -3.48. The number of benzene rings is 1. The van der Waals surface area contributed by atoms with E-state index in [1.165, 1.54) is 0 Å². The molecule has 0 amide bonds. The summed E-state index contributed by atoms with van der Waals surface area (Å²) in [4.78, 5) is 10.8. The number of alkyl halides is 3. The summed E-state index contributed by atoms with van der Waals surface area (Å²) in [6, 6.07) is 3.78. The molecule has 3 nitrogen and oxygen atoms in total. The number of Topliss-reactive ketones (excluding diaryl/α,β-unsaturated/α-hetero) is 1. The Morgan fingerprint density at radius 2 is 1.67 bits per heavy atom. The van der Waals surface area contributed by atoms with Crippen LogP contribution in [-0.4, -0.2) is 26.1 Å². The molecular weight excluding hydrogens is 269 g/mol. The monoisotopic (exact) mass is 280 g/mol. The lowest BCUT2D eigenvalue weighted by molar-refractivity contribution is -0.0885. The van der Waals surface area contributed by atoms with Gasteiger partial charge in [-0.3, -0.25) is 4.79 Å². The maximum absolute atomic E-state index is 12.1. The van der Waals surface area contributed by atoms with Crippen molar-refractivity contribution in [2.75, 3.05) is 5.75 Å². The predicted octanol–water partition coefficient (Wildman–Crippen LogP) is 2.62. The van der Waals surface area contributed by atoms with E-state index in [-0.39, 0.29) is 10.6 Å². The lowest BCUT2D eigenvalue weighted by atomic mass is 10.1. The molecule has 0 aliphatic carbocycles. The van der Waals surface area contributed by atoms with Crippen molar-refractivity contribution in [3.05, 3.63) is 29.8 Å². The Bertz CT molecular complexity index is 530. The molecule has 0 atom stereocenters. The summed E-state index contributed by atoms with van der Waals surface area (Å²) in [6.07, 6.45) is -4.55. The first-order valence-corrected chi connectivity index (χ1v) is 6.78. The lowest BCUT2D eigenvalue weighted by Crippen LogP contribution is -2.22. The topological polar surface area (TPSA) is 51.2 Å². The summed E-state index contributed by atoms with van der Waals surface area (Å²) < 4.78 is 59.6. The molecule has 100 valence electrons. The molecule has 0 radical (unpaired) electrons. The van der Waals surface area contributed by atoms with Crippen LogP contribution in [0.4, 0.5) is 13.2 Å². The number of hydrogen-bond donors (Lipinski definition) is 0. The lowest BCUT2D eigenvalue weighted by Gasteiger charge is -2.06. The van der Waals surface area contributed by atoms with Crippen molar-refractivity contribution in [1.29, 1.82) is 0 Å². The average Bonchev–Trinajstić information content (AvgIpc) is 2.27. The molecule has 18 heavy (non-hydrogen) atoms. The Morgan fingerprint density at radius 1 is 1.17 bits per heavy atom. The van der Waals surface area contributed by atoms with Gasteiger partial charge in [0.15, 0.2) is 9.84 Å². The van der Waals surface area contributed by atoms with Crippen molar-refractivity contribution >= 4 is 15.6 Å². The molecule has 0 fully saturated rings. The first-order chi connectivity index (χ1) is 8.18. The first-order valence-electron chi connectivity index (χ1n) is 5.13. The maximum Gasteiger partial charge on any atom is 0.454 e. The molecule has 1 rings (SSSR count). The molecule has 0 saturated carbocycles. The molecule has 1 aromatic carbocycles. The third-order valence-electron chi connectivity index (χ3n) is 2.21. The Hall–Kier alpha value is -1.37. The molecule has 0 bridgehead atoms. The average molecular weight is 280 g/mol. The maximum atomic E-state index is 12.1. The van der Waals surface area contributed by atoms with Gasteiger partial charge in [0.2, 0.25) is 0 Å². The van der Waals surface area contributed by atoms with Crippen LogP contribution < -0.4 is 0 Å². The molecule has 0 heterocycles. The van der Waals surface area contributed by atoms with E-state index in [4.69, 9.17) is 0 Å². The summed E-state index contributed by atoms with van der Waals surface area (Å²) in [5.74, 6) is -2.07. The second-order valence-electron chi connectivity index (χ2n) is 3.67. The quantitative estimate of drug-likeness (QED) is 0.797. The highest BCUT2D eigenvalue weighted by molar-refractivity contribution is 7.91. The highest BCUT2D eigenvalue weighted by atomic mass is 32.2. The number of hydrogen-bond acceptors (Lipinski definition) is 3. The highest BCUT2D eigenvalue weighted by Crippen LogP contribution is 2.22. The van der Waals surface area contributed by atoms with Crippen LogP contribution in [0, 0.1) is 0 Å². The fraction of sp³-hybridized carbons (Fsp3) is 0.364. The number of carbonyl (C=O) groups is 1. The van der Waals surface area contributed by atoms with Gasteiger partial charge in [0.25, 0.3) is 5.78 Å². The molecule has 0 aliphatic rings. The number of rotatable bonds is 4. The minimum Gasteiger partial charge on any atom is -0.284 e. The number of carbonyl (C=O) groups excluding carboxylic acids is 1. The Kier molecular flexibility index (Phi) is 4.16. The van der Waals surface area contributed by atoms with Gasteiger partial charge < -0.3 is 0 Å². The second kappa shape index (κ2) is 5.09. The van der Waals surface area contributed by atoms with Crippen molar-refractivity contribution in [2.24, 2.45) is 0 Å². The number of sulfone groups is 1. The zero-order valence-corrected chi connectivity index (χ0v) is 10.3. The van der Waals surface area contributed by atoms with E-state index in [0.29, 0.717) is 6.42 Å². The molecule has 0 N–H and O–H groups in total. The minimum atomic E-state index is -4.95. The zero-order chi connectivity index (χ0) is 14.0. The third-order valence-corrected chi connectivity index (χ3v) is 4.14. The van der Waals surface area contributed by atoms with Gasteiger partial charge in [0.05, 0.1) is 10.6 Å². The van der Waals surface area contributed by atoms with Crippen molar-refractivity contribution < 1.29 is 26.4 Å². The van der Waals surface area contributed by atoms with Crippen LogP contribution >= 0.6 is 0 Å². The van der Waals surface area contributed by atoms with Crippen molar-refractivity contribution in [2.45, 2.75) is 24.4 Å². The molecule has 7 heteroatoms. The highest BCUT2D eigenvalue weighted by Gasteiger charge is 2.39. The van der Waals surface area contributed by atoms with E-state index < -0.39 is 27.4 Å². The fourth-order valence-corrected chi connectivity index (χ4v) is 2.69. The normalized spacial score (nSPS) is 12.4. The van der Waals surface area contributed by atoms with Crippen LogP contribution in [0.3, 0.4) is 0 Å². The van der Waals surface area contributed by atoms with Crippen molar-refractivity contribution in [1.82, 2.24) is 0 Å². The van der Waals surface area contributed by atoms with Gasteiger partial charge in [-0.2, -0.15) is 13.2 Å². The molecular formula is C11H11F3O3S. The molecule has 0 aliphatic heterocycles. The van der Waals surface area contributed by atoms with Crippen LogP contribution in [-0.2, 0) is 9.84 Å². The first kappa shape index (κ1) is 14.7. The minimum absolute atomic E-state index is 0.0805. The zero-order valence-electron chi connectivity index (χ0n) is 9.49. The summed E-state index contributed by atoms with van der Waals surface area (Å²) in [6.45, 7) is 1.68. The Balaban J connectivity index is 3.05. The van der Waals surface area contributed by atoms with Crippen LogP contribution in [0.2, 0.25) is 0 Å². The van der Waals surface area contributed by atoms with E-state index in [2.05, 4.69) is 0 Å². The number of ketones is 1.